The highest BCUT2D eigenvalue weighted by molar-refractivity contribution is 5.75. The Morgan fingerprint density at radius 2 is 1.62 bits per heavy atom. The van der Waals surface area contributed by atoms with Gasteiger partial charge in [-0.25, -0.2) is 0 Å². The first-order chi connectivity index (χ1) is 14.1. The third-order valence-electron chi connectivity index (χ3n) is 9.31. The van der Waals surface area contributed by atoms with Gasteiger partial charge in [-0.15, -0.1) is 0 Å². The van der Waals surface area contributed by atoms with Crippen molar-refractivity contribution in [3.05, 3.63) is 72.3 Å². The number of anilines is 2. The molecule has 0 amide bonds. The van der Waals surface area contributed by atoms with E-state index >= 15 is 0 Å². The van der Waals surface area contributed by atoms with E-state index in [0.29, 0.717) is 16.7 Å². The predicted octanol–water partition coefficient (Wildman–Crippen LogP) is 6.04. The maximum Gasteiger partial charge on any atom is 0.0548 e. The Hall–Kier alpha value is -2.06. The number of allylic oxidation sites excluding steroid dienone is 2. The van der Waals surface area contributed by atoms with Crippen molar-refractivity contribution >= 4 is 11.4 Å². The fourth-order valence-electron chi connectivity index (χ4n) is 7.40. The number of nitrogens with one attached hydrogen (secondary N) is 1. The summed E-state index contributed by atoms with van der Waals surface area (Å²) in [6.45, 7) is 7.33. The van der Waals surface area contributed by atoms with Crippen LogP contribution in [0.4, 0.5) is 11.4 Å². The Balaban J connectivity index is 1.48. The zero-order valence-corrected chi connectivity index (χ0v) is 17.7. The number of hydrogen-bond acceptors (Lipinski definition) is 2. The van der Waals surface area contributed by atoms with Crippen molar-refractivity contribution in [2.75, 3.05) is 18.0 Å². The average Bonchev–Trinajstić information content (AvgIpc) is 3.09. The standard InChI is InChI=1S/C27H32N2/c1-25-14-8-9-15-26(25,2)24(25)18-27-16-17-28-19-22(27)21-12-6-7-13-23(21)29(27)20-10-4-3-5-11-20/h3-13,22,24,28H,14-19H2,1-2H3/t22?,24?,25-,26+,27?. The van der Waals surface area contributed by atoms with Crippen LogP contribution in [0.5, 0.6) is 0 Å². The monoisotopic (exact) mass is 384 g/mol. The van der Waals surface area contributed by atoms with E-state index in [9.17, 15) is 0 Å². The van der Waals surface area contributed by atoms with Gasteiger partial charge in [0.25, 0.3) is 0 Å². The summed E-state index contributed by atoms with van der Waals surface area (Å²) in [5.41, 5.74) is 5.47. The molecule has 2 aliphatic heterocycles. The second kappa shape index (κ2) is 5.98. The number of benzene rings is 2. The summed E-state index contributed by atoms with van der Waals surface area (Å²) in [7, 11) is 0. The second-order valence-electron chi connectivity index (χ2n) is 10.3. The Kier molecular flexibility index (Phi) is 3.66. The van der Waals surface area contributed by atoms with E-state index in [0.717, 1.165) is 19.0 Å². The van der Waals surface area contributed by atoms with Gasteiger partial charge in [-0.1, -0.05) is 62.4 Å². The normalized spacial score (nSPS) is 39.6. The Morgan fingerprint density at radius 3 is 2.38 bits per heavy atom. The van der Waals surface area contributed by atoms with Crippen LogP contribution in [-0.2, 0) is 0 Å². The lowest BCUT2D eigenvalue weighted by Crippen LogP contribution is -2.55. The molecule has 2 aromatic rings. The van der Waals surface area contributed by atoms with Crippen LogP contribution in [0.25, 0.3) is 0 Å². The minimum absolute atomic E-state index is 0.185. The first-order valence-corrected chi connectivity index (χ1v) is 11.4. The number of fused-ring (bicyclic) bond motifs is 4. The molecule has 2 aliphatic carbocycles. The molecule has 4 aliphatic rings. The first-order valence-electron chi connectivity index (χ1n) is 11.4. The van der Waals surface area contributed by atoms with Gasteiger partial charge in [0.15, 0.2) is 0 Å². The van der Waals surface area contributed by atoms with E-state index in [-0.39, 0.29) is 5.54 Å². The lowest BCUT2D eigenvalue weighted by atomic mass is 9.72. The van der Waals surface area contributed by atoms with Gasteiger partial charge in [0.05, 0.1) is 5.54 Å². The van der Waals surface area contributed by atoms with Gasteiger partial charge in [-0.05, 0) is 72.7 Å². The zero-order chi connectivity index (χ0) is 19.7. The van der Waals surface area contributed by atoms with Gasteiger partial charge in [0, 0.05) is 23.8 Å². The largest absolute Gasteiger partial charge is 0.334 e. The highest BCUT2D eigenvalue weighted by atomic mass is 15.3. The van der Waals surface area contributed by atoms with Gasteiger partial charge < -0.3 is 10.2 Å². The topological polar surface area (TPSA) is 15.3 Å². The molecule has 2 nitrogen and oxygen atoms in total. The Labute approximate surface area is 175 Å². The third kappa shape index (κ3) is 2.21. The summed E-state index contributed by atoms with van der Waals surface area (Å²) in [5, 5.41) is 3.73. The molecule has 2 heteroatoms. The molecule has 6 rings (SSSR count). The summed E-state index contributed by atoms with van der Waals surface area (Å²) >= 11 is 0. The number of nitrogens with zero attached hydrogens (tertiary/aromatic N) is 1. The van der Waals surface area contributed by atoms with Gasteiger partial charge in [0.2, 0.25) is 0 Å². The molecule has 29 heavy (non-hydrogen) atoms. The van der Waals surface area contributed by atoms with Crippen LogP contribution < -0.4 is 10.2 Å². The predicted molar refractivity (Wildman–Crippen MR) is 121 cm³/mol. The minimum Gasteiger partial charge on any atom is -0.334 e. The van der Waals surface area contributed by atoms with E-state index in [4.69, 9.17) is 0 Å². The molecular weight excluding hydrogens is 352 g/mol. The van der Waals surface area contributed by atoms with Crippen molar-refractivity contribution in [1.29, 1.82) is 0 Å². The van der Waals surface area contributed by atoms with Crippen molar-refractivity contribution in [2.45, 2.75) is 51.0 Å². The number of rotatable bonds is 3. The fraction of sp³-hybridized carbons (Fsp3) is 0.481. The number of piperidine rings is 1. The molecule has 0 aromatic heterocycles. The zero-order valence-electron chi connectivity index (χ0n) is 17.7. The lowest BCUT2D eigenvalue weighted by molar-refractivity contribution is 0.238. The summed E-state index contributed by atoms with van der Waals surface area (Å²) in [5.74, 6) is 1.36. The van der Waals surface area contributed by atoms with E-state index in [1.165, 1.54) is 37.1 Å². The van der Waals surface area contributed by atoms with E-state index in [1.807, 2.05) is 0 Å². The molecule has 150 valence electrons. The molecule has 0 spiro atoms. The fourth-order valence-corrected chi connectivity index (χ4v) is 7.40. The van der Waals surface area contributed by atoms with Crippen molar-refractivity contribution in [3.63, 3.8) is 0 Å². The van der Waals surface area contributed by atoms with Crippen LogP contribution in [-0.4, -0.2) is 18.6 Å². The summed E-state index contributed by atoms with van der Waals surface area (Å²) in [6.07, 6.45) is 9.92. The van der Waals surface area contributed by atoms with Crippen LogP contribution in [0.1, 0.15) is 51.0 Å². The Morgan fingerprint density at radius 1 is 0.931 bits per heavy atom. The van der Waals surface area contributed by atoms with Gasteiger partial charge in [-0.2, -0.15) is 0 Å². The molecule has 1 N–H and O–H groups in total. The SMILES string of the molecule is C[C@@]12CC=CC[C@]1(C)C2CC12CCNCC1c1ccccc1N2c1ccccc1. The highest BCUT2D eigenvalue weighted by Gasteiger charge is 2.72. The summed E-state index contributed by atoms with van der Waals surface area (Å²) in [6, 6.07) is 20.4. The van der Waals surface area contributed by atoms with Crippen LogP contribution in [0, 0.1) is 16.7 Å². The quantitative estimate of drug-likeness (QED) is 0.649. The van der Waals surface area contributed by atoms with E-state index in [1.54, 1.807) is 5.56 Å². The molecule has 2 aromatic carbocycles. The Bertz CT molecular complexity index is 946. The summed E-state index contributed by atoms with van der Waals surface area (Å²) < 4.78 is 0. The van der Waals surface area contributed by atoms with E-state index in [2.05, 4.69) is 90.8 Å². The molecule has 1 saturated heterocycles. The van der Waals surface area contributed by atoms with Gasteiger partial charge in [0.1, 0.15) is 0 Å². The van der Waals surface area contributed by atoms with Crippen molar-refractivity contribution in [1.82, 2.24) is 5.32 Å². The van der Waals surface area contributed by atoms with Crippen molar-refractivity contribution < 1.29 is 0 Å². The average molecular weight is 385 g/mol. The molecule has 0 radical (unpaired) electrons. The van der Waals surface area contributed by atoms with Crippen molar-refractivity contribution in [2.24, 2.45) is 16.7 Å². The molecule has 5 atom stereocenters. The molecule has 0 bridgehead atoms. The maximum absolute atomic E-state index is 3.73. The van der Waals surface area contributed by atoms with Crippen LogP contribution >= 0.6 is 0 Å². The number of hydrogen-bond donors (Lipinski definition) is 1. The highest BCUT2D eigenvalue weighted by Crippen LogP contribution is 2.77. The van der Waals surface area contributed by atoms with Crippen LogP contribution in [0.2, 0.25) is 0 Å². The summed E-state index contributed by atoms with van der Waals surface area (Å²) in [4.78, 5) is 2.75. The minimum atomic E-state index is 0.185. The lowest BCUT2D eigenvalue weighted by Gasteiger charge is -2.48. The molecular formula is C27H32N2. The first kappa shape index (κ1) is 17.8. The molecule has 1 saturated carbocycles. The molecule has 2 heterocycles. The van der Waals surface area contributed by atoms with E-state index < -0.39 is 0 Å². The maximum atomic E-state index is 3.73. The van der Waals surface area contributed by atoms with Gasteiger partial charge in [-0.3, -0.25) is 0 Å². The van der Waals surface area contributed by atoms with Crippen molar-refractivity contribution in [3.8, 4) is 0 Å². The van der Waals surface area contributed by atoms with Crippen LogP contribution in [0.3, 0.4) is 0 Å². The van der Waals surface area contributed by atoms with Crippen LogP contribution in [0.15, 0.2) is 66.7 Å². The number of para-hydroxylation sites is 2. The molecule has 3 unspecified atom stereocenters. The molecule has 2 fully saturated rings. The smallest absolute Gasteiger partial charge is 0.0548 e. The second-order valence-corrected chi connectivity index (χ2v) is 10.3. The van der Waals surface area contributed by atoms with Gasteiger partial charge >= 0.3 is 0 Å². The third-order valence-corrected chi connectivity index (χ3v) is 9.31.